The van der Waals surface area contributed by atoms with Gasteiger partial charge in [-0.2, -0.15) is 0 Å². The first-order valence-electron chi connectivity index (χ1n) is 12.2. The number of sulfonamides is 1. The minimum atomic E-state index is -4.20. The summed E-state index contributed by atoms with van der Waals surface area (Å²) in [6.45, 7) is 3.39. The Kier molecular flexibility index (Phi) is 9.84. The Balaban J connectivity index is 2.05. The van der Waals surface area contributed by atoms with Crippen molar-refractivity contribution in [3.05, 3.63) is 90.2 Å². The van der Waals surface area contributed by atoms with Crippen LogP contribution in [0.1, 0.15) is 25.8 Å². The van der Waals surface area contributed by atoms with Crippen molar-refractivity contribution < 1.29 is 27.1 Å². The van der Waals surface area contributed by atoms with Gasteiger partial charge in [0, 0.05) is 13.1 Å². The van der Waals surface area contributed by atoms with E-state index in [9.17, 15) is 22.4 Å². The van der Waals surface area contributed by atoms with Crippen LogP contribution in [0.4, 0.5) is 10.1 Å². The van der Waals surface area contributed by atoms with Crippen molar-refractivity contribution in [3.63, 3.8) is 0 Å². The van der Waals surface area contributed by atoms with E-state index < -0.39 is 34.3 Å². The van der Waals surface area contributed by atoms with Crippen molar-refractivity contribution >= 4 is 27.5 Å². The maximum absolute atomic E-state index is 13.9. The topological polar surface area (TPSA) is 96.0 Å². The number of carbonyl (C=O) groups excluding carboxylic acids is 2. The summed E-state index contributed by atoms with van der Waals surface area (Å²) in [7, 11) is -2.67. The predicted molar refractivity (Wildman–Crippen MR) is 144 cm³/mol. The van der Waals surface area contributed by atoms with Crippen LogP contribution in [0.15, 0.2) is 83.8 Å². The Hall–Kier alpha value is -3.92. The number of anilines is 1. The van der Waals surface area contributed by atoms with E-state index in [2.05, 4.69) is 5.32 Å². The molecule has 38 heavy (non-hydrogen) atoms. The number of nitrogens with one attached hydrogen (secondary N) is 1. The van der Waals surface area contributed by atoms with Gasteiger partial charge in [0.15, 0.2) is 0 Å². The summed E-state index contributed by atoms with van der Waals surface area (Å²) >= 11 is 0. The van der Waals surface area contributed by atoms with Gasteiger partial charge in [-0.3, -0.25) is 13.9 Å². The van der Waals surface area contributed by atoms with Gasteiger partial charge in [0.05, 0.1) is 17.7 Å². The van der Waals surface area contributed by atoms with Gasteiger partial charge in [0.1, 0.15) is 24.2 Å². The zero-order valence-electron chi connectivity index (χ0n) is 21.6. The Morgan fingerprint density at radius 2 is 1.66 bits per heavy atom. The van der Waals surface area contributed by atoms with Crippen molar-refractivity contribution in [2.45, 2.75) is 37.8 Å². The molecule has 202 valence electrons. The molecule has 0 aliphatic heterocycles. The summed E-state index contributed by atoms with van der Waals surface area (Å²) in [6, 6.07) is 18.8. The van der Waals surface area contributed by atoms with E-state index in [1.54, 1.807) is 56.3 Å². The van der Waals surface area contributed by atoms with E-state index in [0.717, 1.165) is 16.4 Å². The Morgan fingerprint density at radius 1 is 0.974 bits per heavy atom. The quantitative estimate of drug-likeness (QED) is 0.374. The molecule has 8 nitrogen and oxygen atoms in total. The van der Waals surface area contributed by atoms with Gasteiger partial charge in [0.2, 0.25) is 11.8 Å². The molecule has 0 aromatic heterocycles. The van der Waals surface area contributed by atoms with Crippen molar-refractivity contribution in [3.8, 4) is 5.75 Å². The zero-order chi connectivity index (χ0) is 27.7. The van der Waals surface area contributed by atoms with Crippen LogP contribution in [0.2, 0.25) is 0 Å². The van der Waals surface area contributed by atoms with Crippen LogP contribution in [-0.4, -0.2) is 51.4 Å². The molecule has 10 heteroatoms. The summed E-state index contributed by atoms with van der Waals surface area (Å²) in [5.41, 5.74) is 0.829. The first-order chi connectivity index (χ1) is 18.2. The molecular formula is C28H32FN3O5S. The highest BCUT2D eigenvalue weighted by molar-refractivity contribution is 7.92. The van der Waals surface area contributed by atoms with Crippen LogP contribution < -0.4 is 14.4 Å². The fourth-order valence-corrected chi connectivity index (χ4v) is 5.47. The number of nitrogens with zero attached hydrogens (tertiary/aromatic N) is 2. The van der Waals surface area contributed by atoms with Crippen molar-refractivity contribution in [1.29, 1.82) is 0 Å². The Labute approximate surface area is 223 Å². The zero-order valence-corrected chi connectivity index (χ0v) is 22.4. The fraction of sp³-hybridized carbons (Fsp3) is 0.286. The number of halogens is 1. The summed E-state index contributed by atoms with van der Waals surface area (Å²) < 4.78 is 47.2. The number of likely N-dealkylation sites (N-methyl/N-ethyl adjacent to an activating group) is 1. The van der Waals surface area contributed by atoms with Crippen molar-refractivity contribution in [2.24, 2.45) is 0 Å². The van der Waals surface area contributed by atoms with E-state index in [0.29, 0.717) is 24.3 Å². The van der Waals surface area contributed by atoms with Crippen LogP contribution in [0.3, 0.4) is 0 Å². The fourth-order valence-electron chi connectivity index (χ4n) is 4.03. The number of rotatable bonds is 12. The molecule has 2 amide bonds. The monoisotopic (exact) mass is 541 g/mol. The molecule has 0 heterocycles. The van der Waals surface area contributed by atoms with Gasteiger partial charge in [-0.05, 0) is 67.4 Å². The summed E-state index contributed by atoms with van der Waals surface area (Å²) in [4.78, 5) is 28.2. The van der Waals surface area contributed by atoms with E-state index in [1.807, 2.05) is 0 Å². The average molecular weight is 542 g/mol. The van der Waals surface area contributed by atoms with Gasteiger partial charge in [-0.25, -0.2) is 12.8 Å². The molecule has 1 atom stereocenters. The van der Waals surface area contributed by atoms with Crippen molar-refractivity contribution in [1.82, 2.24) is 10.2 Å². The second-order valence-electron chi connectivity index (χ2n) is 8.49. The number of benzene rings is 3. The molecule has 0 aliphatic rings. The molecule has 1 unspecified atom stereocenters. The lowest BCUT2D eigenvalue weighted by molar-refractivity contribution is -0.140. The lowest BCUT2D eigenvalue weighted by Gasteiger charge is -2.33. The van der Waals surface area contributed by atoms with Gasteiger partial charge >= 0.3 is 0 Å². The largest absolute Gasteiger partial charge is 0.497 e. The molecule has 0 saturated carbocycles. The first-order valence-corrected chi connectivity index (χ1v) is 13.7. The van der Waals surface area contributed by atoms with Crippen LogP contribution in [0.25, 0.3) is 0 Å². The summed E-state index contributed by atoms with van der Waals surface area (Å²) in [5, 5.41) is 2.76. The van der Waals surface area contributed by atoms with Crippen LogP contribution >= 0.6 is 0 Å². The maximum Gasteiger partial charge on any atom is 0.264 e. The third-order valence-electron chi connectivity index (χ3n) is 5.95. The van der Waals surface area contributed by atoms with Crippen LogP contribution in [0, 0.1) is 5.82 Å². The molecule has 1 N–H and O–H groups in total. The normalized spacial score (nSPS) is 11.9. The predicted octanol–water partition coefficient (Wildman–Crippen LogP) is 3.97. The lowest BCUT2D eigenvalue weighted by Crippen LogP contribution is -2.52. The minimum absolute atomic E-state index is 0.0211. The number of amides is 2. The lowest BCUT2D eigenvalue weighted by atomic mass is 10.1. The number of methoxy groups -OCH3 is 1. The first kappa shape index (κ1) is 28.6. The molecule has 3 aromatic carbocycles. The van der Waals surface area contributed by atoms with Gasteiger partial charge < -0.3 is 15.0 Å². The van der Waals surface area contributed by atoms with E-state index in [4.69, 9.17) is 4.74 Å². The number of carbonyl (C=O) groups is 2. The maximum atomic E-state index is 13.9. The average Bonchev–Trinajstić information content (AvgIpc) is 2.92. The molecule has 0 radical (unpaired) electrons. The van der Waals surface area contributed by atoms with Gasteiger partial charge in [0.25, 0.3) is 10.0 Å². The molecule has 0 saturated heterocycles. The highest BCUT2D eigenvalue weighted by Crippen LogP contribution is 2.25. The molecule has 0 aliphatic carbocycles. The third-order valence-corrected chi connectivity index (χ3v) is 7.74. The minimum Gasteiger partial charge on any atom is -0.497 e. The number of ether oxygens (including phenoxy) is 1. The van der Waals surface area contributed by atoms with E-state index in [-0.39, 0.29) is 23.0 Å². The molecule has 3 rings (SSSR count). The third kappa shape index (κ3) is 6.89. The van der Waals surface area contributed by atoms with E-state index >= 15 is 0 Å². The summed E-state index contributed by atoms with van der Waals surface area (Å²) in [5.74, 6) is -0.889. The molecule has 3 aromatic rings. The molecule has 0 spiro atoms. The molecule has 0 bridgehead atoms. The standard InChI is InChI=1S/C28H32FN3O5S/c1-4-26(28(34)30-5-2)31(19-21-10-9-11-24(18-21)37-3)27(33)20-32(23-16-14-22(29)15-17-23)38(35,36)25-12-7-6-8-13-25/h6-18,26H,4-5,19-20H2,1-3H3,(H,30,34). The number of hydrogen-bond acceptors (Lipinski definition) is 5. The highest BCUT2D eigenvalue weighted by Gasteiger charge is 2.33. The number of hydrogen-bond donors (Lipinski definition) is 1. The smallest absolute Gasteiger partial charge is 0.264 e. The Bertz CT molecular complexity index is 1330. The summed E-state index contributed by atoms with van der Waals surface area (Å²) in [6.07, 6.45) is 0.309. The van der Waals surface area contributed by atoms with Crippen LogP contribution in [-0.2, 0) is 26.2 Å². The van der Waals surface area contributed by atoms with Gasteiger partial charge in [-0.1, -0.05) is 37.3 Å². The van der Waals surface area contributed by atoms with Gasteiger partial charge in [-0.15, -0.1) is 0 Å². The second kappa shape index (κ2) is 13.0. The van der Waals surface area contributed by atoms with E-state index in [1.165, 1.54) is 36.3 Å². The highest BCUT2D eigenvalue weighted by atomic mass is 32.2. The van der Waals surface area contributed by atoms with Crippen molar-refractivity contribution in [2.75, 3.05) is 24.5 Å². The molecule has 0 fully saturated rings. The van der Waals surface area contributed by atoms with Crippen LogP contribution in [0.5, 0.6) is 5.75 Å². The SMILES string of the molecule is CCNC(=O)C(CC)N(Cc1cccc(OC)c1)C(=O)CN(c1ccc(F)cc1)S(=O)(=O)c1ccccc1. The molecular weight excluding hydrogens is 509 g/mol. The second-order valence-corrected chi connectivity index (χ2v) is 10.4. The Morgan fingerprint density at radius 3 is 2.26 bits per heavy atom.